The molecule has 1 fully saturated rings. The van der Waals surface area contributed by atoms with Gasteiger partial charge < -0.3 is 9.84 Å². The van der Waals surface area contributed by atoms with Gasteiger partial charge in [0.15, 0.2) is 5.13 Å². The summed E-state index contributed by atoms with van der Waals surface area (Å²) in [5.74, 6) is -2.00. The number of thiazole rings is 1. The fraction of sp³-hybridized carbons (Fsp3) is 0.185. The molecule has 4 aromatic rings. The number of aliphatic hydroxyl groups excluding tert-OH is 1. The summed E-state index contributed by atoms with van der Waals surface area (Å²) in [4.78, 5) is 36.4. The summed E-state index contributed by atoms with van der Waals surface area (Å²) < 4.78 is 20.3. The van der Waals surface area contributed by atoms with Crippen molar-refractivity contribution in [3.8, 4) is 5.75 Å². The lowest BCUT2D eigenvalue weighted by Gasteiger charge is -2.22. The smallest absolute Gasteiger partial charge is 0.301 e. The van der Waals surface area contributed by atoms with E-state index >= 15 is 0 Å². The summed E-state index contributed by atoms with van der Waals surface area (Å²) in [7, 11) is 0. The van der Waals surface area contributed by atoms with Gasteiger partial charge in [-0.25, -0.2) is 9.37 Å². The topological polar surface area (TPSA) is 92.6 Å². The van der Waals surface area contributed by atoms with Crippen LogP contribution in [-0.4, -0.2) is 32.9 Å². The quantitative estimate of drug-likeness (QED) is 0.185. The van der Waals surface area contributed by atoms with Gasteiger partial charge in [0.25, 0.3) is 5.78 Å². The van der Waals surface area contributed by atoms with Gasteiger partial charge >= 0.3 is 5.91 Å². The maximum atomic E-state index is 14.1. The third kappa shape index (κ3) is 4.45. The van der Waals surface area contributed by atoms with E-state index in [0.717, 1.165) is 16.9 Å². The Morgan fingerprint density at radius 1 is 1.16 bits per heavy atom. The number of aromatic nitrogens is 2. The Labute approximate surface area is 220 Å². The molecule has 0 bridgehead atoms. The molecule has 0 spiro atoms. The highest BCUT2D eigenvalue weighted by molar-refractivity contribution is 7.22. The molecule has 37 heavy (non-hydrogen) atoms. The number of amides is 1. The maximum absolute atomic E-state index is 14.1. The molecule has 1 aliphatic rings. The molecule has 1 saturated heterocycles. The number of carbonyl (C=O) groups is 2. The number of hydrogen-bond acceptors (Lipinski definition) is 7. The van der Waals surface area contributed by atoms with Crippen LogP contribution in [0.1, 0.15) is 36.6 Å². The summed E-state index contributed by atoms with van der Waals surface area (Å²) >= 11 is 6.96. The average Bonchev–Trinajstić information content (AvgIpc) is 3.38. The van der Waals surface area contributed by atoms with E-state index in [2.05, 4.69) is 9.97 Å². The molecule has 7 nitrogen and oxygen atoms in total. The zero-order valence-corrected chi connectivity index (χ0v) is 21.6. The Hall–Kier alpha value is -3.82. The third-order valence-corrected chi connectivity index (χ3v) is 7.21. The number of fused-ring (bicyclic) bond motifs is 1. The molecule has 0 aliphatic carbocycles. The Morgan fingerprint density at radius 2 is 1.89 bits per heavy atom. The van der Waals surface area contributed by atoms with E-state index in [1.165, 1.54) is 29.4 Å². The predicted molar refractivity (Wildman–Crippen MR) is 141 cm³/mol. The summed E-state index contributed by atoms with van der Waals surface area (Å²) in [6, 6.07) is 10.0. The van der Waals surface area contributed by atoms with E-state index in [4.69, 9.17) is 16.3 Å². The normalized spacial score (nSPS) is 17.2. The van der Waals surface area contributed by atoms with Gasteiger partial charge in [0.2, 0.25) is 0 Å². The molecule has 1 atom stereocenters. The Kier molecular flexibility index (Phi) is 6.43. The second-order valence-corrected chi connectivity index (χ2v) is 10.2. The van der Waals surface area contributed by atoms with Crippen LogP contribution in [-0.2, 0) is 9.59 Å². The molecule has 2 aromatic carbocycles. The molecule has 10 heteroatoms. The van der Waals surface area contributed by atoms with Gasteiger partial charge in [0.05, 0.1) is 33.0 Å². The number of Topliss-reactive ketones (excluding diaryl/α,β-unsaturated/α-hetero) is 1. The van der Waals surface area contributed by atoms with Gasteiger partial charge in [0, 0.05) is 18.0 Å². The number of anilines is 1. The van der Waals surface area contributed by atoms with Crippen molar-refractivity contribution in [2.75, 3.05) is 4.90 Å². The van der Waals surface area contributed by atoms with Crippen LogP contribution in [0, 0.1) is 12.7 Å². The van der Waals surface area contributed by atoms with Crippen molar-refractivity contribution in [2.45, 2.75) is 32.9 Å². The predicted octanol–water partition coefficient (Wildman–Crippen LogP) is 6.21. The molecule has 1 aliphatic heterocycles. The highest BCUT2D eigenvalue weighted by atomic mass is 35.5. The number of nitrogens with zero attached hydrogens (tertiary/aromatic N) is 3. The summed E-state index contributed by atoms with van der Waals surface area (Å²) in [6.07, 6.45) is 3.03. The molecular weight excluding hydrogens is 517 g/mol. The molecule has 1 amide bonds. The van der Waals surface area contributed by atoms with Crippen LogP contribution < -0.4 is 9.64 Å². The summed E-state index contributed by atoms with van der Waals surface area (Å²) in [5.41, 5.74) is 1.98. The van der Waals surface area contributed by atoms with Crippen molar-refractivity contribution >= 4 is 55.7 Å². The van der Waals surface area contributed by atoms with Crippen molar-refractivity contribution in [3.63, 3.8) is 0 Å². The molecule has 1 N–H and O–H groups in total. The summed E-state index contributed by atoms with van der Waals surface area (Å²) in [5, 5.41) is 11.4. The molecule has 5 rings (SSSR count). The van der Waals surface area contributed by atoms with E-state index in [1.807, 2.05) is 20.8 Å². The van der Waals surface area contributed by atoms with Gasteiger partial charge in [-0.05, 0) is 74.4 Å². The van der Waals surface area contributed by atoms with Crippen LogP contribution in [0.4, 0.5) is 9.52 Å². The van der Waals surface area contributed by atoms with Crippen LogP contribution in [0.2, 0.25) is 5.02 Å². The number of pyridine rings is 1. The van der Waals surface area contributed by atoms with Crippen LogP contribution >= 0.6 is 22.9 Å². The fourth-order valence-corrected chi connectivity index (χ4v) is 5.40. The highest BCUT2D eigenvalue weighted by Crippen LogP contribution is 2.44. The average molecular weight is 538 g/mol. The Balaban J connectivity index is 1.67. The minimum absolute atomic E-state index is 0.0349. The number of ketones is 1. The van der Waals surface area contributed by atoms with Crippen LogP contribution in [0.3, 0.4) is 0 Å². The number of aryl methyl sites for hydroxylation is 1. The fourth-order valence-electron chi connectivity index (χ4n) is 4.24. The van der Waals surface area contributed by atoms with Crippen LogP contribution in [0.5, 0.6) is 5.75 Å². The first kappa shape index (κ1) is 24.9. The molecule has 188 valence electrons. The number of halogens is 2. The first-order valence-corrected chi connectivity index (χ1v) is 12.6. The third-order valence-electron chi connectivity index (χ3n) is 5.90. The lowest BCUT2D eigenvalue weighted by Crippen LogP contribution is -2.29. The van der Waals surface area contributed by atoms with E-state index in [9.17, 15) is 19.1 Å². The zero-order chi connectivity index (χ0) is 26.4. The van der Waals surface area contributed by atoms with Crippen molar-refractivity contribution in [1.82, 2.24) is 9.97 Å². The van der Waals surface area contributed by atoms with Crippen LogP contribution in [0.15, 0.2) is 60.4 Å². The van der Waals surface area contributed by atoms with Gasteiger partial charge in [-0.2, -0.15) is 0 Å². The molecule has 0 saturated carbocycles. The number of carbonyl (C=O) groups excluding carboxylic acids is 2. The number of benzene rings is 2. The zero-order valence-electron chi connectivity index (χ0n) is 20.0. The first-order chi connectivity index (χ1) is 17.7. The van der Waals surface area contributed by atoms with Crippen molar-refractivity contribution in [2.24, 2.45) is 0 Å². The standard InChI is InChI=1S/C27H21ClFN3O4S/c1-13(2)36-20-5-4-16(10-14(20)3)24(33)22-23(15-6-8-30-9-7-15)32(26(35)25(22)34)27-31-19-11-17(28)18(29)12-21(19)37-27/h4-13,23,33H,1-3H3/b24-22+. The van der Waals surface area contributed by atoms with Crippen molar-refractivity contribution < 1.29 is 23.8 Å². The van der Waals surface area contributed by atoms with E-state index in [0.29, 0.717) is 27.1 Å². The van der Waals surface area contributed by atoms with Crippen LogP contribution in [0.25, 0.3) is 16.0 Å². The monoisotopic (exact) mass is 537 g/mol. The number of rotatable bonds is 5. The summed E-state index contributed by atoms with van der Waals surface area (Å²) in [6.45, 7) is 5.65. The number of aliphatic hydroxyl groups is 1. The maximum Gasteiger partial charge on any atom is 0.301 e. The van der Waals surface area contributed by atoms with E-state index < -0.39 is 23.5 Å². The van der Waals surface area contributed by atoms with Crippen molar-refractivity contribution in [3.05, 3.63) is 88.0 Å². The molecule has 2 aromatic heterocycles. The van der Waals surface area contributed by atoms with E-state index in [1.54, 1.807) is 30.3 Å². The molecule has 3 heterocycles. The highest BCUT2D eigenvalue weighted by Gasteiger charge is 2.48. The number of hydrogen-bond donors (Lipinski definition) is 1. The van der Waals surface area contributed by atoms with Gasteiger partial charge in [-0.3, -0.25) is 19.5 Å². The minimum atomic E-state index is -0.976. The number of ether oxygens (including phenoxy) is 1. The Morgan fingerprint density at radius 3 is 2.57 bits per heavy atom. The lowest BCUT2D eigenvalue weighted by atomic mass is 9.95. The van der Waals surface area contributed by atoms with Crippen molar-refractivity contribution in [1.29, 1.82) is 0 Å². The lowest BCUT2D eigenvalue weighted by molar-refractivity contribution is -0.132. The minimum Gasteiger partial charge on any atom is -0.507 e. The molecular formula is C27H21ClFN3O4S. The second kappa shape index (κ2) is 9.57. The van der Waals surface area contributed by atoms with E-state index in [-0.39, 0.29) is 27.6 Å². The largest absolute Gasteiger partial charge is 0.507 e. The molecule has 0 radical (unpaired) electrons. The second-order valence-electron chi connectivity index (χ2n) is 8.83. The first-order valence-electron chi connectivity index (χ1n) is 11.4. The van der Waals surface area contributed by atoms with Gasteiger partial charge in [0.1, 0.15) is 17.3 Å². The van der Waals surface area contributed by atoms with Gasteiger partial charge in [-0.1, -0.05) is 22.9 Å². The SMILES string of the molecule is Cc1cc(/C(O)=C2\C(=O)C(=O)N(c3nc4cc(Cl)c(F)cc4s3)C2c2ccncc2)ccc1OC(C)C. The Bertz CT molecular complexity index is 1550. The van der Waals surface area contributed by atoms with Gasteiger partial charge in [-0.15, -0.1) is 0 Å². The molecule has 1 unspecified atom stereocenters.